The van der Waals surface area contributed by atoms with Gasteiger partial charge in [-0.3, -0.25) is 9.98 Å². The molecule has 1 aliphatic carbocycles. The van der Waals surface area contributed by atoms with Gasteiger partial charge in [-0.05, 0) is 90.5 Å². The Morgan fingerprint density at radius 1 is 0.587 bits per heavy atom. The van der Waals surface area contributed by atoms with Crippen LogP contribution in [-0.4, -0.2) is 49.9 Å². The van der Waals surface area contributed by atoms with Crippen molar-refractivity contribution >= 4 is 22.8 Å². The molecule has 5 rings (SSSR count). The van der Waals surface area contributed by atoms with E-state index in [2.05, 4.69) is 89.2 Å². The van der Waals surface area contributed by atoms with Crippen LogP contribution in [0.25, 0.3) is 0 Å². The molecule has 2 N–H and O–H groups in total. The fourth-order valence-electron chi connectivity index (χ4n) is 4.84. The maximum absolute atomic E-state index is 7.50. The van der Waals surface area contributed by atoms with E-state index in [-0.39, 0.29) is 34.1 Å². The van der Waals surface area contributed by atoms with Crippen LogP contribution in [0.5, 0.6) is 0 Å². The number of nitrogens with one attached hydrogen (secondary N) is 2. The van der Waals surface area contributed by atoms with E-state index in [9.17, 15) is 0 Å². The maximum atomic E-state index is 7.50. The summed E-state index contributed by atoms with van der Waals surface area (Å²) in [5.41, 5.74) is 6.42. The second-order valence-electron chi connectivity index (χ2n) is 10.0. The number of hydrogen-bond donors (Lipinski definition) is 2. The number of ether oxygens (including phenoxy) is 2. The van der Waals surface area contributed by atoms with Crippen LogP contribution in [0.3, 0.4) is 0 Å². The molecule has 2 saturated heterocycles. The number of anilines is 2. The van der Waals surface area contributed by atoms with Crippen molar-refractivity contribution in [1.29, 1.82) is 0 Å². The fourth-order valence-corrected chi connectivity index (χ4v) is 4.84. The molecule has 3 heterocycles. The summed E-state index contributed by atoms with van der Waals surface area (Å²) in [4.78, 5) is 10.0. The normalized spacial score (nSPS) is 21.4. The van der Waals surface area contributed by atoms with E-state index in [0.717, 1.165) is 73.5 Å². The van der Waals surface area contributed by atoms with Crippen molar-refractivity contribution in [3.63, 3.8) is 0 Å². The van der Waals surface area contributed by atoms with Crippen LogP contribution < -0.4 is 10.6 Å². The summed E-state index contributed by atoms with van der Waals surface area (Å²) in [6.45, 7) is 30.4. The zero-order valence-electron chi connectivity index (χ0n) is 27.2. The molecule has 0 spiro atoms. The van der Waals surface area contributed by atoms with E-state index < -0.39 is 0 Å². The summed E-state index contributed by atoms with van der Waals surface area (Å²) >= 11 is 0. The number of rotatable bonds is 0. The van der Waals surface area contributed by atoms with Crippen molar-refractivity contribution in [1.82, 2.24) is 0 Å². The Bertz CT molecular complexity index is 1010. The predicted octanol–water partition coefficient (Wildman–Crippen LogP) is 7.00. The third-order valence-corrected chi connectivity index (χ3v) is 6.53. The van der Waals surface area contributed by atoms with Crippen LogP contribution in [0.15, 0.2) is 57.8 Å². The van der Waals surface area contributed by atoms with Crippen molar-refractivity contribution in [2.24, 2.45) is 9.98 Å². The van der Waals surface area contributed by atoms with Crippen molar-refractivity contribution in [2.75, 3.05) is 37.1 Å². The maximum Gasteiger partial charge on any atom is 3.00 e. The minimum Gasteiger partial charge on any atom is 3.00 e. The Kier molecular flexibility index (Phi) is 38.8. The Labute approximate surface area is 296 Å². The van der Waals surface area contributed by atoms with Crippen LogP contribution in [0.2, 0.25) is 0 Å². The van der Waals surface area contributed by atoms with E-state index in [1.807, 2.05) is 12.1 Å². The first-order valence-electron chi connectivity index (χ1n) is 14.6. The third-order valence-electron chi connectivity index (χ3n) is 6.53. The van der Waals surface area contributed by atoms with Crippen LogP contribution >= 0.6 is 0 Å². The van der Waals surface area contributed by atoms with Gasteiger partial charge in [0.05, 0.1) is 23.5 Å². The van der Waals surface area contributed by atoms with E-state index in [4.69, 9.17) is 38.1 Å². The number of benzene rings is 1. The number of fused-ring (bicyclic) bond motifs is 2. The fraction of sp³-hybridized carbons (Fsp3) is 0.529. The van der Waals surface area contributed by atoms with Crippen LogP contribution in [-0.2, 0) is 62.2 Å². The van der Waals surface area contributed by atoms with Crippen molar-refractivity contribution in [3.05, 3.63) is 74.4 Å². The van der Waals surface area contributed by atoms with Gasteiger partial charge in [-0.2, -0.15) is 0 Å². The second-order valence-corrected chi connectivity index (χ2v) is 10.0. The van der Waals surface area contributed by atoms with Crippen LogP contribution in [0.4, 0.5) is 11.4 Å². The first kappa shape index (κ1) is 50.4. The summed E-state index contributed by atoms with van der Waals surface area (Å²) in [5.74, 6) is 0. The van der Waals surface area contributed by atoms with Gasteiger partial charge in [0.25, 0.3) is 0 Å². The molecule has 10 nitrogen and oxygen atoms in total. The minimum absolute atomic E-state index is 0. The molecule has 46 heavy (non-hydrogen) atoms. The molecule has 0 amide bonds. The molecule has 1 saturated carbocycles. The summed E-state index contributed by atoms with van der Waals surface area (Å²) in [6.07, 6.45) is 14.1. The molecule has 1 aromatic rings. The zero-order chi connectivity index (χ0) is 33.6. The van der Waals surface area contributed by atoms with E-state index in [0.29, 0.717) is 12.1 Å². The molecule has 3 aliphatic heterocycles. The molecule has 3 fully saturated rings. The molecule has 0 bridgehead atoms. The van der Waals surface area contributed by atoms with Crippen molar-refractivity contribution < 1.29 is 62.2 Å². The Morgan fingerprint density at radius 2 is 0.891 bits per heavy atom. The smallest absolute Gasteiger partial charge is 3.00 e. The molecule has 0 aromatic heterocycles. The molecule has 2 atom stereocenters. The summed E-state index contributed by atoms with van der Waals surface area (Å²) in [6, 6.07) is 8.85. The van der Waals surface area contributed by atoms with Crippen molar-refractivity contribution in [2.45, 2.75) is 91.1 Å². The summed E-state index contributed by atoms with van der Waals surface area (Å²) in [7, 11) is 0. The predicted molar refractivity (Wildman–Crippen MR) is 169 cm³/mol. The SMILES string of the molecule is C1CCOC1.C1CCOC1.CC1=NC2CCCCC2N=C(C)/C=C(/C)Nc2ccccc2N/C(C)=C\1.[C-]#[O+].[C-]#[O+].[C-]#[O+].[C-]#[O+].[Co+3].[Cr+3]. The Balaban J connectivity index is -0.000000364. The standard InChI is InChI=1S/C22H30N4.2C4H8O.4CO.Co.Cr/c1-15-13-16(2)24-21-11-7-8-12-22(21)26-18(4)14-17(3)25-20-10-6-5-9-19(20)23-15;2*1-2-4-5-3-1;4*1-2;;/h5-6,9-10,13-14,21-23,25H,7-8,11-12H2,1-4H3;2*1-4H2;;;;;;/q;;;;;;;2*+3/b15-13-,17-14-,24-16?,26-18?;;;;;;;;. The van der Waals surface area contributed by atoms with Gasteiger partial charge in [-0.25, -0.2) is 0 Å². The number of aliphatic imine (C=N–C) groups is 2. The van der Waals surface area contributed by atoms with E-state index in [1.165, 1.54) is 38.5 Å². The molecule has 4 aliphatic rings. The molecule has 12 heteroatoms. The van der Waals surface area contributed by atoms with Gasteiger partial charge in [0.15, 0.2) is 0 Å². The van der Waals surface area contributed by atoms with Gasteiger partial charge < -0.3 is 20.1 Å². The van der Waals surface area contributed by atoms with Gasteiger partial charge in [0.2, 0.25) is 0 Å². The van der Waals surface area contributed by atoms with E-state index >= 15 is 0 Å². The van der Waals surface area contributed by atoms with Gasteiger partial charge in [-0.15, -0.1) is 0 Å². The van der Waals surface area contributed by atoms with Crippen molar-refractivity contribution in [3.8, 4) is 0 Å². The van der Waals surface area contributed by atoms with Gasteiger partial charge >= 0.3 is 79.4 Å². The molecule has 1 radical (unpaired) electrons. The third kappa shape index (κ3) is 23.8. The molecule has 1 aromatic carbocycles. The largest absolute Gasteiger partial charge is 3.00 e. The molecular formula is C34H46CoCrN4O6+6. The minimum atomic E-state index is 0. The van der Waals surface area contributed by atoms with Crippen LogP contribution in [0, 0.1) is 26.6 Å². The number of para-hydroxylation sites is 2. The second kappa shape index (κ2) is 35.4. The summed E-state index contributed by atoms with van der Waals surface area (Å²) in [5, 5.41) is 7.02. The molecule has 2 unspecified atom stereocenters. The van der Waals surface area contributed by atoms with Gasteiger partial charge in [-0.1, -0.05) is 25.0 Å². The molecule has 247 valence electrons. The number of hydrogen-bond acceptors (Lipinski definition) is 6. The molecular weight excluding hydrogens is 671 g/mol. The van der Waals surface area contributed by atoms with Crippen LogP contribution in [0.1, 0.15) is 79.1 Å². The topological polar surface area (TPSA) is 147 Å². The Morgan fingerprint density at radius 3 is 1.15 bits per heavy atom. The summed E-state index contributed by atoms with van der Waals surface area (Å²) < 4.78 is 39.9. The van der Waals surface area contributed by atoms with E-state index in [1.54, 1.807) is 0 Å². The number of allylic oxidation sites excluding steroid dienone is 4. The van der Waals surface area contributed by atoms with Gasteiger partial charge in [0, 0.05) is 49.2 Å². The quantitative estimate of drug-likeness (QED) is 0.220. The average molecular weight is 718 g/mol. The monoisotopic (exact) mass is 717 g/mol. The number of nitrogens with zero attached hydrogens (tertiary/aromatic N) is 2. The average Bonchev–Trinajstić information content (AvgIpc) is 3.83. The Hall–Kier alpha value is -2.44. The van der Waals surface area contributed by atoms with Gasteiger partial charge in [0.1, 0.15) is 0 Å². The first-order chi connectivity index (χ1) is 21.5. The zero-order valence-corrected chi connectivity index (χ0v) is 29.5. The first-order valence-corrected chi connectivity index (χ1v) is 14.6.